The highest BCUT2D eigenvalue weighted by molar-refractivity contribution is 5.89. The van der Waals surface area contributed by atoms with Gasteiger partial charge in [-0.2, -0.15) is 0 Å². The minimum Gasteiger partial charge on any atom is -0.481 e. The number of cyclic esters (lactones) is 1. The van der Waals surface area contributed by atoms with Crippen molar-refractivity contribution in [2.45, 2.75) is 75.4 Å². The maximum atomic E-state index is 10.7. The molecule has 0 aliphatic carbocycles. The van der Waals surface area contributed by atoms with Crippen molar-refractivity contribution in [1.82, 2.24) is 0 Å². The van der Waals surface area contributed by atoms with Crippen LogP contribution >= 0.6 is 0 Å². The van der Waals surface area contributed by atoms with Crippen molar-refractivity contribution < 1.29 is 83.9 Å². The zero-order valence-corrected chi connectivity index (χ0v) is 19.3. The third kappa shape index (κ3) is 16.1. The lowest BCUT2D eigenvalue weighted by Gasteiger charge is -2.19. The molecule has 1 fully saturated rings. The molecule has 17 heteroatoms. The van der Waals surface area contributed by atoms with Crippen molar-refractivity contribution in [3.05, 3.63) is 0 Å². The molecular formula is C20H28O17. The van der Waals surface area contributed by atoms with Crippen LogP contribution in [0.3, 0.4) is 0 Å². The average molecular weight is 540 g/mol. The molecular weight excluding hydrogens is 512 g/mol. The van der Waals surface area contributed by atoms with Crippen molar-refractivity contribution >= 4 is 47.8 Å². The number of hydrogen-bond acceptors (Lipinski definition) is 10. The Morgan fingerprint density at radius 3 is 1.46 bits per heavy atom. The van der Waals surface area contributed by atoms with E-state index in [1.54, 1.807) is 0 Å². The van der Waals surface area contributed by atoms with E-state index in [4.69, 9.17) is 35.7 Å². The molecule has 0 bridgehead atoms. The summed E-state index contributed by atoms with van der Waals surface area (Å²) >= 11 is 0. The number of carboxylic acid groups (broad SMARTS) is 7. The highest BCUT2D eigenvalue weighted by Crippen LogP contribution is 2.30. The summed E-state index contributed by atoms with van der Waals surface area (Å²) in [5.74, 6) is -9.63. The van der Waals surface area contributed by atoms with E-state index in [0.717, 1.165) is 0 Å². The Bertz CT molecular complexity index is 862. The van der Waals surface area contributed by atoms with Crippen molar-refractivity contribution in [3.63, 3.8) is 0 Å². The SMILES string of the molecule is O=C(O)CC1(C(=O)O)CCC(=O)O1.O=C(O)CCC(O)(CC(=O)O)C(=O)O.O=C(O)CCCCC(=O)O. The molecule has 2 atom stereocenters. The molecule has 17 nitrogen and oxygen atoms in total. The molecule has 0 aromatic heterocycles. The fraction of sp³-hybridized carbons (Fsp3) is 0.600. The van der Waals surface area contributed by atoms with Crippen molar-refractivity contribution in [2.24, 2.45) is 0 Å². The van der Waals surface area contributed by atoms with Crippen LogP contribution in [0.4, 0.5) is 0 Å². The standard InChI is InChI=1S/C7H10O7.C7H8O6.C6H10O4/c8-4(9)1-2-7(14,6(12)13)3-5(10)11;8-4(9)3-7(6(11)12)2-1-5(10)13-7;7-5(8)3-1-2-4-6(9)10/h14H,1-3H2,(H,8,9)(H,10,11)(H,12,13);1-3H2,(H,8,9)(H,11,12);1-4H2,(H,7,8)(H,9,10). The van der Waals surface area contributed by atoms with Crippen LogP contribution in [-0.4, -0.2) is 99.8 Å². The number of hydrogen-bond donors (Lipinski definition) is 8. The number of carbonyl (C=O) groups excluding carboxylic acids is 1. The second kappa shape index (κ2) is 16.4. The molecule has 1 saturated heterocycles. The smallest absolute Gasteiger partial charge is 0.348 e. The van der Waals surface area contributed by atoms with E-state index >= 15 is 0 Å². The first-order valence-electron chi connectivity index (χ1n) is 10.4. The van der Waals surface area contributed by atoms with E-state index in [9.17, 15) is 43.5 Å². The summed E-state index contributed by atoms with van der Waals surface area (Å²) in [6, 6.07) is 0. The molecule has 1 aliphatic heterocycles. The molecule has 0 spiro atoms. The Labute approximate surface area is 207 Å². The first kappa shape index (κ1) is 34.9. The van der Waals surface area contributed by atoms with E-state index in [-0.39, 0.29) is 25.7 Å². The number of esters is 1. The van der Waals surface area contributed by atoms with Crippen LogP contribution in [0.5, 0.6) is 0 Å². The minimum absolute atomic E-state index is 0.0421. The Kier molecular flexibility index (Phi) is 15.5. The van der Waals surface area contributed by atoms with Gasteiger partial charge in [0.1, 0.15) is 0 Å². The van der Waals surface area contributed by atoms with E-state index < -0.39 is 84.6 Å². The maximum absolute atomic E-state index is 10.7. The molecule has 8 N–H and O–H groups in total. The number of aliphatic carboxylic acids is 7. The molecule has 37 heavy (non-hydrogen) atoms. The second-order valence-corrected chi connectivity index (χ2v) is 7.64. The molecule has 210 valence electrons. The van der Waals surface area contributed by atoms with Gasteiger partial charge in [-0.15, -0.1) is 0 Å². The van der Waals surface area contributed by atoms with Gasteiger partial charge in [-0.25, -0.2) is 9.59 Å². The molecule has 0 aromatic rings. The normalized spacial score (nSPS) is 17.4. The topological polar surface area (TPSA) is 308 Å². The Morgan fingerprint density at radius 1 is 0.730 bits per heavy atom. The Hall–Kier alpha value is -4.28. The van der Waals surface area contributed by atoms with Gasteiger partial charge in [-0.05, 0) is 19.3 Å². The third-order valence-electron chi connectivity index (χ3n) is 4.49. The summed E-state index contributed by atoms with van der Waals surface area (Å²) in [4.78, 5) is 82.2. The molecule has 0 amide bonds. The van der Waals surface area contributed by atoms with Gasteiger partial charge in [0.15, 0.2) is 5.60 Å². The fourth-order valence-corrected chi connectivity index (χ4v) is 2.61. The van der Waals surface area contributed by atoms with Gasteiger partial charge in [0.05, 0.1) is 12.8 Å². The molecule has 0 saturated carbocycles. The van der Waals surface area contributed by atoms with Crippen LogP contribution in [0, 0.1) is 0 Å². The van der Waals surface area contributed by atoms with Gasteiger partial charge in [-0.3, -0.25) is 28.8 Å². The zero-order valence-electron chi connectivity index (χ0n) is 19.3. The summed E-state index contributed by atoms with van der Waals surface area (Å²) in [7, 11) is 0. The summed E-state index contributed by atoms with van der Waals surface area (Å²) in [5, 5.41) is 67.7. The van der Waals surface area contributed by atoms with E-state index in [0.29, 0.717) is 12.8 Å². The zero-order chi connectivity index (χ0) is 29.4. The first-order valence-corrected chi connectivity index (χ1v) is 10.4. The molecule has 1 heterocycles. The van der Waals surface area contributed by atoms with Gasteiger partial charge in [-0.1, -0.05) is 0 Å². The van der Waals surface area contributed by atoms with Crippen LogP contribution < -0.4 is 0 Å². The van der Waals surface area contributed by atoms with Crippen molar-refractivity contribution in [2.75, 3.05) is 0 Å². The monoisotopic (exact) mass is 540 g/mol. The predicted octanol–water partition coefficient (Wildman–Crippen LogP) is -0.521. The summed E-state index contributed by atoms with van der Waals surface area (Å²) in [5.41, 5.74) is -4.35. The molecule has 2 unspecified atom stereocenters. The van der Waals surface area contributed by atoms with Crippen molar-refractivity contribution in [3.8, 4) is 0 Å². The Morgan fingerprint density at radius 2 is 1.19 bits per heavy atom. The lowest BCUT2D eigenvalue weighted by molar-refractivity contribution is -0.173. The van der Waals surface area contributed by atoms with Crippen LogP contribution in [0.15, 0.2) is 0 Å². The molecule has 0 radical (unpaired) electrons. The van der Waals surface area contributed by atoms with Crippen LogP contribution in [0.2, 0.25) is 0 Å². The minimum atomic E-state index is -2.51. The second-order valence-electron chi connectivity index (χ2n) is 7.64. The van der Waals surface area contributed by atoms with Gasteiger partial charge >= 0.3 is 47.8 Å². The quantitative estimate of drug-likeness (QED) is 0.101. The average Bonchev–Trinajstić information content (AvgIpc) is 3.11. The summed E-state index contributed by atoms with van der Waals surface area (Å²) < 4.78 is 4.50. The summed E-state index contributed by atoms with van der Waals surface area (Å²) in [6.07, 6.45) is -2.04. The first-order chi connectivity index (χ1) is 16.9. The van der Waals surface area contributed by atoms with Crippen LogP contribution in [0.25, 0.3) is 0 Å². The maximum Gasteiger partial charge on any atom is 0.348 e. The van der Waals surface area contributed by atoms with Gasteiger partial charge < -0.3 is 45.6 Å². The molecule has 1 rings (SSSR count). The number of carbonyl (C=O) groups is 8. The number of aliphatic hydroxyl groups is 1. The van der Waals surface area contributed by atoms with Gasteiger partial charge in [0.2, 0.25) is 5.60 Å². The lowest BCUT2D eigenvalue weighted by Crippen LogP contribution is -2.41. The largest absolute Gasteiger partial charge is 0.481 e. The van der Waals surface area contributed by atoms with Crippen LogP contribution in [0.1, 0.15) is 64.2 Å². The molecule has 0 aromatic carbocycles. The number of rotatable bonds is 14. The number of unbranched alkanes of at least 4 members (excludes halogenated alkanes) is 1. The lowest BCUT2D eigenvalue weighted by atomic mass is 9.94. The van der Waals surface area contributed by atoms with Crippen LogP contribution in [-0.2, 0) is 43.1 Å². The summed E-state index contributed by atoms with van der Waals surface area (Å²) in [6.45, 7) is 0. The third-order valence-corrected chi connectivity index (χ3v) is 4.49. The Balaban J connectivity index is 0. The predicted molar refractivity (Wildman–Crippen MR) is 113 cm³/mol. The fourth-order valence-electron chi connectivity index (χ4n) is 2.61. The van der Waals surface area contributed by atoms with Gasteiger partial charge in [0.25, 0.3) is 0 Å². The van der Waals surface area contributed by atoms with Crippen molar-refractivity contribution in [1.29, 1.82) is 0 Å². The van der Waals surface area contributed by atoms with E-state index in [2.05, 4.69) is 4.74 Å². The number of carboxylic acids is 7. The van der Waals surface area contributed by atoms with E-state index in [1.165, 1.54) is 0 Å². The van der Waals surface area contributed by atoms with E-state index in [1.807, 2.05) is 0 Å². The highest BCUT2D eigenvalue weighted by atomic mass is 16.6. The highest BCUT2D eigenvalue weighted by Gasteiger charge is 2.49. The molecule has 1 aliphatic rings. The van der Waals surface area contributed by atoms with Gasteiger partial charge in [0, 0.05) is 32.1 Å². The number of ether oxygens (including phenoxy) is 1.